The van der Waals surface area contributed by atoms with Gasteiger partial charge in [-0.2, -0.15) is 0 Å². The molecule has 278 valence electrons. The predicted octanol–water partition coefficient (Wildman–Crippen LogP) is 6.20. The van der Waals surface area contributed by atoms with Crippen LogP contribution in [0.1, 0.15) is 93.1 Å². The average Bonchev–Trinajstić information content (AvgIpc) is 3.12. The van der Waals surface area contributed by atoms with Crippen LogP contribution in [0.25, 0.3) is 0 Å². The van der Waals surface area contributed by atoms with Crippen LogP contribution in [0.4, 0.5) is 5.69 Å². The SMILES string of the molecule is C[C@@H]1[C@@H](C)CCC[C@@](O)(C#CCCCN2CCOCC2)[C@@H]2CC[C@H]2CN2CCCCc3cc(Cl)ccc3COc3ccc(cc32)C(=O)NS1(=O)=O. The molecule has 0 spiro atoms. The normalized spacial score (nSPS) is 29.0. The van der Waals surface area contributed by atoms with Crippen LogP contribution in [-0.2, 0) is 27.8 Å². The lowest BCUT2D eigenvalue weighted by atomic mass is 9.63. The number of carbonyl (C=O) groups is 1. The van der Waals surface area contributed by atoms with Crippen molar-refractivity contribution in [3.8, 4) is 17.6 Å². The molecule has 1 amide bonds. The number of halogens is 1. The highest BCUT2D eigenvalue weighted by Gasteiger charge is 2.46. The summed E-state index contributed by atoms with van der Waals surface area (Å²) in [5.74, 6) is 6.71. The van der Waals surface area contributed by atoms with Gasteiger partial charge in [-0.05, 0) is 125 Å². The Morgan fingerprint density at radius 1 is 1.02 bits per heavy atom. The fourth-order valence-corrected chi connectivity index (χ4v) is 9.57. The quantitative estimate of drug-likeness (QED) is 0.283. The number of rotatable bonds is 3. The molecule has 6 rings (SSSR count). The van der Waals surface area contributed by atoms with Gasteiger partial charge >= 0.3 is 0 Å². The number of morpholine rings is 1. The maximum Gasteiger partial charge on any atom is 0.264 e. The Kier molecular flexibility index (Phi) is 12.6. The minimum Gasteiger partial charge on any atom is -0.487 e. The van der Waals surface area contributed by atoms with E-state index in [1.165, 1.54) is 5.56 Å². The lowest BCUT2D eigenvalue weighted by molar-refractivity contribution is -0.0447. The molecule has 3 heterocycles. The van der Waals surface area contributed by atoms with E-state index < -0.39 is 26.8 Å². The van der Waals surface area contributed by atoms with E-state index in [0.29, 0.717) is 43.2 Å². The van der Waals surface area contributed by atoms with Gasteiger partial charge in [0.25, 0.3) is 5.91 Å². The van der Waals surface area contributed by atoms with Gasteiger partial charge in [0.2, 0.25) is 10.0 Å². The zero-order valence-electron chi connectivity index (χ0n) is 30.2. The van der Waals surface area contributed by atoms with Crippen LogP contribution in [0, 0.1) is 29.6 Å². The number of fused-ring (bicyclic) bond motifs is 3. The highest BCUT2D eigenvalue weighted by atomic mass is 35.5. The summed E-state index contributed by atoms with van der Waals surface area (Å²) in [5.41, 5.74) is 2.10. The summed E-state index contributed by atoms with van der Waals surface area (Å²) in [4.78, 5) is 18.2. The third-order valence-electron chi connectivity index (χ3n) is 11.7. The Morgan fingerprint density at radius 2 is 1.84 bits per heavy atom. The Morgan fingerprint density at radius 3 is 2.63 bits per heavy atom. The van der Waals surface area contributed by atoms with Gasteiger partial charge in [-0.25, -0.2) is 13.1 Å². The molecule has 2 fully saturated rings. The molecule has 3 aliphatic heterocycles. The van der Waals surface area contributed by atoms with Crippen LogP contribution in [0.15, 0.2) is 36.4 Å². The summed E-state index contributed by atoms with van der Waals surface area (Å²) >= 11 is 6.37. The Balaban J connectivity index is 1.31. The molecule has 9 nitrogen and oxygen atoms in total. The first-order chi connectivity index (χ1) is 24.5. The van der Waals surface area contributed by atoms with Gasteiger partial charge in [0.05, 0.1) is 24.2 Å². The second-order valence-electron chi connectivity index (χ2n) is 15.1. The molecule has 11 heteroatoms. The minimum atomic E-state index is -3.96. The van der Waals surface area contributed by atoms with E-state index in [0.717, 1.165) is 95.6 Å². The smallest absolute Gasteiger partial charge is 0.264 e. The highest BCUT2D eigenvalue weighted by Crippen LogP contribution is 2.46. The number of hydrogen-bond acceptors (Lipinski definition) is 8. The molecule has 2 N–H and O–H groups in total. The summed E-state index contributed by atoms with van der Waals surface area (Å²) in [6.45, 7) is 9.72. The van der Waals surface area contributed by atoms with Crippen molar-refractivity contribution < 1.29 is 27.8 Å². The Bertz CT molecular complexity index is 1700. The number of carbonyl (C=O) groups excluding carboxylic acids is 1. The third-order valence-corrected chi connectivity index (χ3v) is 13.8. The number of anilines is 1. The third kappa shape index (κ3) is 9.41. The van der Waals surface area contributed by atoms with Crippen molar-refractivity contribution in [3.05, 3.63) is 58.1 Å². The van der Waals surface area contributed by atoms with Crippen molar-refractivity contribution in [2.24, 2.45) is 17.8 Å². The number of nitrogens with zero attached hydrogens (tertiary/aromatic N) is 2. The van der Waals surface area contributed by atoms with E-state index in [-0.39, 0.29) is 23.3 Å². The van der Waals surface area contributed by atoms with Crippen molar-refractivity contribution in [2.75, 3.05) is 50.8 Å². The molecule has 1 saturated carbocycles. The second-order valence-corrected chi connectivity index (χ2v) is 17.5. The number of benzene rings is 2. The van der Waals surface area contributed by atoms with Crippen molar-refractivity contribution in [1.82, 2.24) is 9.62 Å². The van der Waals surface area contributed by atoms with Crippen molar-refractivity contribution >= 4 is 33.2 Å². The van der Waals surface area contributed by atoms with Crippen LogP contribution in [-0.4, -0.2) is 81.1 Å². The minimum absolute atomic E-state index is 0.00552. The second kappa shape index (κ2) is 16.9. The topological polar surface area (TPSA) is 108 Å². The summed E-state index contributed by atoms with van der Waals surface area (Å²) < 4.78 is 41.2. The molecule has 0 aromatic heterocycles. The van der Waals surface area contributed by atoms with E-state index in [1.807, 2.05) is 25.1 Å². The van der Waals surface area contributed by atoms with Gasteiger partial charge in [0.15, 0.2) is 0 Å². The van der Waals surface area contributed by atoms with E-state index in [1.54, 1.807) is 25.1 Å². The number of aryl methyl sites for hydroxylation is 1. The molecular weight excluding hydrogens is 686 g/mol. The summed E-state index contributed by atoms with van der Waals surface area (Å²) in [7, 11) is -3.96. The first-order valence-electron chi connectivity index (χ1n) is 18.9. The number of ether oxygens (including phenoxy) is 2. The molecule has 0 unspecified atom stereocenters. The number of amides is 1. The number of aliphatic hydroxyl groups is 1. The van der Waals surface area contributed by atoms with E-state index in [2.05, 4.69) is 26.4 Å². The van der Waals surface area contributed by atoms with Crippen LogP contribution < -0.4 is 14.4 Å². The average molecular weight is 740 g/mol. The molecule has 2 aromatic carbocycles. The first kappa shape index (κ1) is 37.9. The summed E-state index contributed by atoms with van der Waals surface area (Å²) in [6, 6.07) is 11.1. The molecule has 5 atom stereocenters. The molecule has 51 heavy (non-hydrogen) atoms. The Labute approximate surface area is 309 Å². The van der Waals surface area contributed by atoms with Gasteiger partial charge < -0.3 is 19.5 Å². The molecule has 0 radical (unpaired) electrons. The van der Waals surface area contributed by atoms with E-state index in [9.17, 15) is 18.3 Å². The zero-order valence-corrected chi connectivity index (χ0v) is 31.7. The van der Waals surface area contributed by atoms with Gasteiger partial charge in [0, 0.05) is 49.1 Å². The monoisotopic (exact) mass is 739 g/mol. The van der Waals surface area contributed by atoms with Gasteiger partial charge in [0.1, 0.15) is 18.0 Å². The molecule has 2 bridgehead atoms. The van der Waals surface area contributed by atoms with Crippen molar-refractivity contribution in [1.29, 1.82) is 0 Å². The van der Waals surface area contributed by atoms with E-state index >= 15 is 0 Å². The molecular formula is C40H54ClN3O6S. The maximum atomic E-state index is 13.5. The van der Waals surface area contributed by atoms with Crippen LogP contribution >= 0.6 is 11.6 Å². The molecule has 1 aliphatic carbocycles. The standard InChI is InChI=1S/C40H54ClN3O6S/c1-29-9-8-18-40(46,17-5-3-6-19-43-21-23-49-24-22-43)36-15-12-33(36)27-44-20-7-4-10-31-25-35(41)14-11-34(31)28-50-38-16-13-32(26-37(38)44)39(45)42-51(47,48)30(29)2/h11,13-14,16,25-26,29-30,33,36,46H,3-4,6-10,12,15,18-24,27-28H2,1-2H3,(H,42,45)/t29-,30+,33-,36+,40-/m0/s1. The van der Waals surface area contributed by atoms with Crippen LogP contribution in [0.2, 0.25) is 5.02 Å². The number of unbranched alkanes of at least 4 members (excludes halogenated alkanes) is 1. The van der Waals surface area contributed by atoms with E-state index in [4.69, 9.17) is 21.1 Å². The highest BCUT2D eigenvalue weighted by molar-refractivity contribution is 7.90. The number of nitrogens with one attached hydrogen (secondary N) is 1. The molecule has 4 aliphatic rings. The zero-order chi connectivity index (χ0) is 36.0. The van der Waals surface area contributed by atoms with Gasteiger partial charge in [-0.3, -0.25) is 9.69 Å². The molecule has 1 saturated heterocycles. The molecule has 2 aromatic rings. The first-order valence-corrected chi connectivity index (χ1v) is 20.8. The Hall–Kier alpha value is -2.81. The van der Waals surface area contributed by atoms with Gasteiger partial charge in [-0.1, -0.05) is 30.5 Å². The van der Waals surface area contributed by atoms with Gasteiger partial charge in [-0.15, -0.1) is 5.92 Å². The predicted molar refractivity (Wildman–Crippen MR) is 202 cm³/mol. The lowest BCUT2D eigenvalue weighted by Gasteiger charge is -2.47. The fraction of sp³-hybridized carbons (Fsp3) is 0.625. The maximum absolute atomic E-state index is 13.5. The fourth-order valence-electron chi connectivity index (χ4n) is 8.07. The van der Waals surface area contributed by atoms with Crippen LogP contribution in [0.5, 0.6) is 5.75 Å². The van der Waals surface area contributed by atoms with Crippen LogP contribution in [0.3, 0.4) is 0 Å². The largest absolute Gasteiger partial charge is 0.487 e. The van der Waals surface area contributed by atoms with Crippen molar-refractivity contribution in [3.63, 3.8) is 0 Å². The summed E-state index contributed by atoms with van der Waals surface area (Å²) in [6.07, 6.45) is 7.98. The van der Waals surface area contributed by atoms with Crippen molar-refractivity contribution in [2.45, 2.75) is 95.5 Å². The number of hydrogen-bond donors (Lipinski definition) is 2. The summed E-state index contributed by atoms with van der Waals surface area (Å²) in [5, 5.41) is 12.3. The lowest BCUT2D eigenvalue weighted by Crippen LogP contribution is -2.50. The number of sulfonamides is 1.